The predicted molar refractivity (Wildman–Crippen MR) is 111 cm³/mol. The summed E-state index contributed by atoms with van der Waals surface area (Å²) in [5, 5.41) is 11.5. The Kier molecular flexibility index (Phi) is 6.19. The Morgan fingerprint density at radius 1 is 1.24 bits per heavy atom. The fraction of sp³-hybridized carbons (Fsp3) is 0.263. The molecule has 29 heavy (non-hydrogen) atoms. The predicted octanol–water partition coefficient (Wildman–Crippen LogP) is 4.43. The number of methoxy groups -OCH3 is 2. The van der Waals surface area contributed by atoms with Crippen LogP contribution in [0.3, 0.4) is 0 Å². The number of aromatic nitrogens is 1. The molecule has 0 fully saturated rings. The van der Waals surface area contributed by atoms with E-state index >= 15 is 0 Å². The lowest BCUT2D eigenvalue weighted by atomic mass is 10.2. The van der Waals surface area contributed by atoms with Gasteiger partial charge < -0.3 is 14.0 Å². The van der Waals surface area contributed by atoms with Crippen LogP contribution in [0.15, 0.2) is 35.3 Å². The molecule has 1 amide bonds. The van der Waals surface area contributed by atoms with Crippen molar-refractivity contribution in [3.05, 3.63) is 55.8 Å². The van der Waals surface area contributed by atoms with E-state index in [1.165, 1.54) is 29.5 Å². The van der Waals surface area contributed by atoms with E-state index in [0.717, 1.165) is 16.6 Å². The average Bonchev–Trinajstić information content (AvgIpc) is 3.02. The molecule has 1 heterocycles. The minimum Gasteiger partial charge on any atom is -0.493 e. The third-order valence-electron chi connectivity index (χ3n) is 4.22. The highest BCUT2D eigenvalue weighted by Gasteiger charge is 2.21. The second-order valence-corrected chi connectivity index (χ2v) is 7.49. The summed E-state index contributed by atoms with van der Waals surface area (Å²) in [6.45, 7) is 2.61. The number of nitrogens with zero attached hydrogens (tertiary/aromatic N) is 3. The van der Waals surface area contributed by atoms with Crippen LogP contribution in [0.5, 0.6) is 11.5 Å². The monoisotopic (exact) mass is 435 g/mol. The van der Waals surface area contributed by atoms with Crippen molar-refractivity contribution < 1.29 is 19.2 Å². The number of hydrogen-bond donors (Lipinski definition) is 0. The summed E-state index contributed by atoms with van der Waals surface area (Å²) in [4.78, 5) is 28.0. The largest absolute Gasteiger partial charge is 0.493 e. The summed E-state index contributed by atoms with van der Waals surface area (Å²) in [7, 11) is 3.10. The first-order chi connectivity index (χ1) is 13.9. The summed E-state index contributed by atoms with van der Waals surface area (Å²) in [5.41, 5.74) is 0.342. The lowest BCUT2D eigenvalue weighted by molar-refractivity contribution is -0.385. The number of nitro benzene ring substituents is 1. The third-order valence-corrected chi connectivity index (χ3v) is 5.49. The van der Waals surface area contributed by atoms with Gasteiger partial charge in [0.2, 0.25) is 0 Å². The van der Waals surface area contributed by atoms with Crippen LogP contribution < -0.4 is 14.3 Å². The van der Waals surface area contributed by atoms with Gasteiger partial charge in [0, 0.05) is 29.8 Å². The quantitative estimate of drug-likeness (QED) is 0.421. The molecule has 0 aliphatic rings. The Labute approximate surface area is 175 Å². The highest BCUT2D eigenvalue weighted by atomic mass is 35.5. The number of fused-ring (bicyclic) bond motifs is 1. The van der Waals surface area contributed by atoms with Gasteiger partial charge in [0.15, 0.2) is 16.3 Å². The molecular weight excluding hydrogens is 418 g/mol. The molecule has 2 aromatic carbocycles. The molecule has 0 spiro atoms. The van der Waals surface area contributed by atoms with Gasteiger partial charge in [-0.25, -0.2) is 0 Å². The molecule has 0 saturated carbocycles. The molecule has 0 radical (unpaired) electrons. The molecule has 0 aliphatic carbocycles. The van der Waals surface area contributed by atoms with Gasteiger partial charge in [-0.05, 0) is 18.6 Å². The number of thiazole rings is 1. The number of hydrogen-bond acceptors (Lipinski definition) is 6. The maximum atomic E-state index is 12.8. The Hall–Kier alpha value is -2.91. The average molecular weight is 436 g/mol. The van der Waals surface area contributed by atoms with Gasteiger partial charge in [-0.2, -0.15) is 4.99 Å². The lowest BCUT2D eigenvalue weighted by Gasteiger charge is -2.08. The molecule has 8 nitrogen and oxygen atoms in total. The fourth-order valence-electron chi connectivity index (χ4n) is 2.91. The maximum Gasteiger partial charge on any atom is 0.286 e. The number of aryl methyl sites for hydroxylation is 1. The number of halogens is 1. The van der Waals surface area contributed by atoms with Gasteiger partial charge in [-0.15, -0.1) is 0 Å². The Morgan fingerprint density at radius 3 is 2.55 bits per heavy atom. The Balaban J connectivity index is 2.22. The highest BCUT2D eigenvalue weighted by Crippen LogP contribution is 2.33. The van der Waals surface area contributed by atoms with Gasteiger partial charge in [-0.3, -0.25) is 14.9 Å². The zero-order valence-electron chi connectivity index (χ0n) is 16.0. The summed E-state index contributed by atoms with van der Waals surface area (Å²) < 4.78 is 13.5. The number of ether oxygens (including phenoxy) is 2. The van der Waals surface area contributed by atoms with Gasteiger partial charge in [0.25, 0.3) is 11.6 Å². The van der Waals surface area contributed by atoms with Crippen molar-refractivity contribution in [1.29, 1.82) is 0 Å². The van der Waals surface area contributed by atoms with Crippen molar-refractivity contribution in [1.82, 2.24) is 4.57 Å². The zero-order chi connectivity index (χ0) is 21.1. The molecule has 0 aliphatic heterocycles. The third kappa shape index (κ3) is 4.10. The molecule has 152 valence electrons. The van der Waals surface area contributed by atoms with Gasteiger partial charge in [0.05, 0.1) is 29.4 Å². The summed E-state index contributed by atoms with van der Waals surface area (Å²) in [6, 6.07) is 7.47. The summed E-state index contributed by atoms with van der Waals surface area (Å²) in [6.07, 6.45) is 0.804. The number of rotatable bonds is 6. The second kappa shape index (κ2) is 8.62. The van der Waals surface area contributed by atoms with Gasteiger partial charge in [-0.1, -0.05) is 29.9 Å². The number of benzene rings is 2. The van der Waals surface area contributed by atoms with E-state index < -0.39 is 10.8 Å². The summed E-state index contributed by atoms with van der Waals surface area (Å²) >= 11 is 7.22. The van der Waals surface area contributed by atoms with Crippen LogP contribution in [0.25, 0.3) is 10.2 Å². The van der Waals surface area contributed by atoms with Crippen molar-refractivity contribution in [2.45, 2.75) is 19.9 Å². The SMILES string of the molecule is CCCn1c(=NC(=O)c2cc(Cl)ccc2[N+](=O)[O-])sc2cc(OC)c(OC)cc21. The van der Waals surface area contributed by atoms with Crippen LogP contribution >= 0.6 is 22.9 Å². The van der Waals surface area contributed by atoms with E-state index in [1.54, 1.807) is 14.2 Å². The molecule has 3 aromatic rings. The summed E-state index contributed by atoms with van der Waals surface area (Å²) in [5.74, 6) is 0.397. The van der Waals surface area contributed by atoms with Crippen molar-refractivity contribution in [3.63, 3.8) is 0 Å². The second-order valence-electron chi connectivity index (χ2n) is 6.05. The topological polar surface area (TPSA) is 96.0 Å². The molecule has 0 saturated heterocycles. The molecular formula is C19H18ClN3O5S. The van der Waals surface area contributed by atoms with Crippen LogP contribution in [0.2, 0.25) is 5.02 Å². The minimum absolute atomic E-state index is 0.154. The highest BCUT2D eigenvalue weighted by molar-refractivity contribution is 7.16. The lowest BCUT2D eigenvalue weighted by Crippen LogP contribution is -2.17. The Morgan fingerprint density at radius 2 is 1.93 bits per heavy atom. The molecule has 3 rings (SSSR count). The van der Waals surface area contributed by atoms with Crippen molar-refractivity contribution >= 4 is 44.7 Å². The van der Waals surface area contributed by atoms with Crippen LogP contribution in [0.4, 0.5) is 5.69 Å². The minimum atomic E-state index is -0.727. The van der Waals surface area contributed by atoms with Crippen molar-refractivity contribution in [3.8, 4) is 11.5 Å². The Bertz CT molecular complexity index is 1170. The number of carbonyl (C=O) groups excluding carboxylic acids is 1. The molecule has 10 heteroatoms. The fourth-order valence-corrected chi connectivity index (χ4v) is 4.14. The number of amides is 1. The van der Waals surface area contributed by atoms with E-state index in [9.17, 15) is 14.9 Å². The molecule has 0 N–H and O–H groups in total. The standard InChI is InChI=1S/C19H18ClN3O5S/c1-4-7-22-14-9-15(27-2)16(28-3)10-17(14)29-19(22)21-18(24)12-8-11(20)5-6-13(12)23(25)26/h5-6,8-10H,4,7H2,1-3H3. The molecule has 0 atom stereocenters. The first-order valence-corrected chi connectivity index (χ1v) is 9.87. The van der Waals surface area contributed by atoms with E-state index in [0.29, 0.717) is 22.8 Å². The van der Waals surface area contributed by atoms with E-state index in [2.05, 4.69) is 4.99 Å². The molecule has 1 aromatic heterocycles. The van der Waals surface area contributed by atoms with Crippen LogP contribution in [-0.2, 0) is 6.54 Å². The van der Waals surface area contributed by atoms with Crippen molar-refractivity contribution in [2.24, 2.45) is 4.99 Å². The van der Waals surface area contributed by atoms with E-state index in [1.807, 2.05) is 23.6 Å². The molecule has 0 bridgehead atoms. The first-order valence-electron chi connectivity index (χ1n) is 8.68. The van der Waals surface area contributed by atoms with Gasteiger partial charge >= 0.3 is 0 Å². The van der Waals surface area contributed by atoms with Crippen molar-refractivity contribution in [2.75, 3.05) is 14.2 Å². The normalized spacial score (nSPS) is 11.7. The van der Waals surface area contributed by atoms with Crippen LogP contribution in [0, 0.1) is 10.1 Å². The maximum absolute atomic E-state index is 12.8. The zero-order valence-corrected chi connectivity index (χ0v) is 17.5. The number of nitro groups is 1. The van der Waals surface area contributed by atoms with Crippen LogP contribution in [0.1, 0.15) is 23.7 Å². The van der Waals surface area contributed by atoms with Gasteiger partial charge in [0.1, 0.15) is 5.56 Å². The van der Waals surface area contributed by atoms with Crippen LogP contribution in [-0.4, -0.2) is 29.6 Å². The van der Waals surface area contributed by atoms with E-state index in [4.69, 9.17) is 21.1 Å². The number of carbonyl (C=O) groups is 1. The first kappa shape index (κ1) is 20.8. The smallest absolute Gasteiger partial charge is 0.286 e. The van der Waals surface area contributed by atoms with E-state index in [-0.39, 0.29) is 16.3 Å². The molecule has 0 unspecified atom stereocenters.